The molecule has 1 N–H and O–H groups in total. The number of anilines is 1. The van der Waals surface area contributed by atoms with Crippen LogP contribution in [0.2, 0.25) is 0 Å². The van der Waals surface area contributed by atoms with Gasteiger partial charge in [0, 0.05) is 11.6 Å². The smallest absolute Gasteiger partial charge is 0.335 e. The van der Waals surface area contributed by atoms with E-state index in [1.165, 1.54) is 29.3 Å². The number of benzene rings is 3. The van der Waals surface area contributed by atoms with E-state index >= 15 is 0 Å². The van der Waals surface area contributed by atoms with Gasteiger partial charge in [-0.3, -0.25) is 4.79 Å². The minimum atomic E-state index is -1.05. The second-order valence-corrected chi connectivity index (χ2v) is 10.2. The van der Waals surface area contributed by atoms with Crippen LogP contribution < -0.4 is 9.75 Å². The van der Waals surface area contributed by atoms with Crippen LogP contribution in [0.1, 0.15) is 56.1 Å². The fourth-order valence-electron chi connectivity index (χ4n) is 3.93. The molecular weight excluding hydrogens is 471 g/mol. The van der Waals surface area contributed by atoms with E-state index in [-0.39, 0.29) is 28.6 Å². The van der Waals surface area contributed by atoms with Crippen molar-refractivity contribution in [3.63, 3.8) is 0 Å². The van der Waals surface area contributed by atoms with E-state index in [1.807, 2.05) is 38.1 Å². The van der Waals surface area contributed by atoms with E-state index in [0.29, 0.717) is 28.3 Å². The highest BCUT2D eigenvalue weighted by molar-refractivity contribution is 6.33. The first-order valence-electron chi connectivity index (χ1n) is 12.0. The average molecular weight is 501 g/mol. The Labute approximate surface area is 215 Å². The first-order valence-corrected chi connectivity index (χ1v) is 12.0. The maximum absolute atomic E-state index is 14.2. The molecule has 1 aliphatic heterocycles. The Morgan fingerprint density at radius 1 is 1.03 bits per heavy atom. The molecule has 4 rings (SSSR count). The summed E-state index contributed by atoms with van der Waals surface area (Å²) in [4.78, 5) is 24.6. The second kappa shape index (κ2) is 10.0. The van der Waals surface area contributed by atoms with Gasteiger partial charge in [-0.2, -0.15) is 10.1 Å². The lowest BCUT2D eigenvalue weighted by molar-refractivity contribution is -0.114. The van der Waals surface area contributed by atoms with Gasteiger partial charge in [0.2, 0.25) is 0 Å². The molecule has 3 aromatic rings. The zero-order chi connectivity index (χ0) is 26.9. The molecule has 0 atom stereocenters. The number of carbonyl (C=O) groups is 2. The molecule has 0 spiro atoms. The van der Waals surface area contributed by atoms with Crippen LogP contribution in [0.15, 0.2) is 77.4 Å². The van der Waals surface area contributed by atoms with Crippen molar-refractivity contribution >= 4 is 29.4 Å². The summed E-state index contributed by atoms with van der Waals surface area (Å²) < 4.78 is 20.2. The number of hydrazone groups is 1. The molecule has 190 valence electrons. The Bertz CT molecular complexity index is 1400. The third-order valence-electron chi connectivity index (χ3n) is 6.04. The summed E-state index contributed by atoms with van der Waals surface area (Å²) in [6.07, 6.45) is 1.66. The van der Waals surface area contributed by atoms with Gasteiger partial charge in [0.05, 0.1) is 22.5 Å². The van der Waals surface area contributed by atoms with Crippen LogP contribution in [0, 0.1) is 11.7 Å². The molecule has 0 aromatic heterocycles. The summed E-state index contributed by atoms with van der Waals surface area (Å²) in [6.45, 7) is 10.2. The van der Waals surface area contributed by atoms with Gasteiger partial charge in [-0.25, -0.2) is 9.18 Å². The zero-order valence-corrected chi connectivity index (χ0v) is 21.4. The van der Waals surface area contributed by atoms with Crippen molar-refractivity contribution in [2.24, 2.45) is 11.0 Å². The number of halogens is 1. The minimum Gasteiger partial charge on any atom is -0.478 e. The summed E-state index contributed by atoms with van der Waals surface area (Å²) in [6, 6.07) is 17.7. The van der Waals surface area contributed by atoms with E-state index in [1.54, 1.807) is 24.3 Å². The molecule has 0 aliphatic carbocycles. The third-order valence-corrected chi connectivity index (χ3v) is 6.04. The Balaban J connectivity index is 1.69. The molecule has 0 radical (unpaired) electrons. The van der Waals surface area contributed by atoms with Gasteiger partial charge >= 0.3 is 5.97 Å². The van der Waals surface area contributed by atoms with Crippen LogP contribution in [0.4, 0.5) is 10.1 Å². The second-order valence-electron chi connectivity index (χ2n) is 10.2. The quantitative estimate of drug-likeness (QED) is 0.368. The number of carboxylic acids is 1. The molecule has 37 heavy (non-hydrogen) atoms. The topological polar surface area (TPSA) is 79.2 Å². The lowest BCUT2D eigenvalue weighted by atomic mass is 9.87. The summed E-state index contributed by atoms with van der Waals surface area (Å²) in [5.41, 5.74) is 3.15. The van der Waals surface area contributed by atoms with Crippen LogP contribution in [0.5, 0.6) is 11.5 Å². The van der Waals surface area contributed by atoms with Crippen molar-refractivity contribution in [3.05, 3.63) is 94.8 Å². The number of amides is 1. The highest BCUT2D eigenvalue weighted by Crippen LogP contribution is 2.33. The van der Waals surface area contributed by atoms with E-state index in [4.69, 9.17) is 9.84 Å². The fourth-order valence-corrected chi connectivity index (χ4v) is 3.93. The van der Waals surface area contributed by atoms with Crippen molar-refractivity contribution in [2.75, 3.05) is 5.01 Å². The lowest BCUT2D eigenvalue weighted by Crippen LogP contribution is -2.21. The lowest BCUT2D eigenvalue weighted by Gasteiger charge is -2.19. The Morgan fingerprint density at radius 2 is 1.68 bits per heavy atom. The van der Waals surface area contributed by atoms with Crippen LogP contribution in [-0.4, -0.2) is 22.7 Å². The van der Waals surface area contributed by atoms with Crippen molar-refractivity contribution in [1.82, 2.24) is 0 Å². The molecule has 3 aromatic carbocycles. The molecule has 0 saturated heterocycles. The summed E-state index contributed by atoms with van der Waals surface area (Å²) >= 11 is 0. The third kappa shape index (κ3) is 5.61. The van der Waals surface area contributed by atoms with E-state index < -0.39 is 11.8 Å². The Kier molecular flexibility index (Phi) is 6.99. The number of hydrogen-bond donors (Lipinski definition) is 1. The SMILES string of the molecule is CC(C)C1=NN(c2ccc(C(=O)O)cc2)C(=O)/C1=C\c1ccc(F)cc1Oc1ccc(C(C)(C)C)cc1. The van der Waals surface area contributed by atoms with Gasteiger partial charge in [0.25, 0.3) is 5.91 Å². The number of rotatable bonds is 6. The van der Waals surface area contributed by atoms with Crippen LogP contribution in [-0.2, 0) is 10.2 Å². The molecule has 6 nitrogen and oxygen atoms in total. The van der Waals surface area contributed by atoms with Crippen LogP contribution in [0.25, 0.3) is 6.08 Å². The number of aromatic carboxylic acids is 1. The first kappa shape index (κ1) is 25.8. The Morgan fingerprint density at radius 3 is 2.24 bits per heavy atom. The summed E-state index contributed by atoms with van der Waals surface area (Å²) in [5, 5.41) is 14.9. The monoisotopic (exact) mass is 500 g/mol. The van der Waals surface area contributed by atoms with Gasteiger partial charge in [-0.15, -0.1) is 0 Å². The molecular formula is C30H29FN2O4. The molecule has 0 bridgehead atoms. The van der Waals surface area contributed by atoms with Crippen LogP contribution >= 0.6 is 0 Å². The largest absolute Gasteiger partial charge is 0.478 e. The molecule has 7 heteroatoms. The minimum absolute atomic E-state index is 0.0117. The fraction of sp³-hybridized carbons (Fsp3) is 0.233. The summed E-state index contributed by atoms with van der Waals surface area (Å²) in [7, 11) is 0. The zero-order valence-electron chi connectivity index (χ0n) is 21.4. The van der Waals surface area contributed by atoms with Crippen molar-refractivity contribution in [2.45, 2.75) is 40.0 Å². The van der Waals surface area contributed by atoms with Crippen LogP contribution in [0.3, 0.4) is 0 Å². The predicted molar refractivity (Wildman–Crippen MR) is 143 cm³/mol. The average Bonchev–Trinajstić information content (AvgIpc) is 3.17. The van der Waals surface area contributed by atoms with Crippen molar-refractivity contribution < 1.29 is 23.8 Å². The van der Waals surface area contributed by atoms with Crippen molar-refractivity contribution in [1.29, 1.82) is 0 Å². The normalized spacial score (nSPS) is 14.9. The molecule has 0 unspecified atom stereocenters. The molecule has 1 amide bonds. The number of carboxylic acid groups (broad SMARTS) is 1. The Hall–Kier alpha value is -4.26. The molecule has 1 aliphatic rings. The van der Waals surface area contributed by atoms with Gasteiger partial charge in [-0.1, -0.05) is 46.8 Å². The van der Waals surface area contributed by atoms with Gasteiger partial charge in [0.15, 0.2) is 0 Å². The number of nitrogens with zero attached hydrogens (tertiary/aromatic N) is 2. The predicted octanol–water partition coefficient (Wildman–Crippen LogP) is 7.06. The molecule has 1 heterocycles. The maximum atomic E-state index is 14.2. The van der Waals surface area contributed by atoms with Crippen molar-refractivity contribution in [3.8, 4) is 11.5 Å². The standard InChI is InChI=1S/C30H29FN2O4/c1-18(2)27-25(28(34)33(32-27)23-12-7-19(8-13-23)29(35)36)16-20-6-11-22(31)17-26(20)37-24-14-9-21(10-15-24)30(3,4)5/h6-18H,1-5H3,(H,35,36)/b25-16-. The van der Waals surface area contributed by atoms with Gasteiger partial charge < -0.3 is 9.84 Å². The van der Waals surface area contributed by atoms with Gasteiger partial charge in [0.1, 0.15) is 17.3 Å². The molecule has 0 fully saturated rings. The van der Waals surface area contributed by atoms with Gasteiger partial charge in [-0.05, 0) is 71.5 Å². The number of hydrogen-bond acceptors (Lipinski definition) is 4. The highest BCUT2D eigenvalue weighted by atomic mass is 19.1. The summed E-state index contributed by atoms with van der Waals surface area (Å²) in [5.74, 6) is -1.13. The first-order chi connectivity index (χ1) is 17.4. The molecule has 0 saturated carbocycles. The van der Waals surface area contributed by atoms with E-state index in [0.717, 1.165) is 5.56 Å². The van der Waals surface area contributed by atoms with E-state index in [9.17, 15) is 14.0 Å². The number of carbonyl (C=O) groups excluding carboxylic acids is 1. The maximum Gasteiger partial charge on any atom is 0.335 e. The number of ether oxygens (including phenoxy) is 1. The van der Waals surface area contributed by atoms with E-state index in [2.05, 4.69) is 25.9 Å². The highest BCUT2D eigenvalue weighted by Gasteiger charge is 2.33.